The van der Waals surface area contributed by atoms with Crippen LogP contribution in [0.3, 0.4) is 0 Å². The molecule has 20 heavy (non-hydrogen) atoms. The largest absolute Gasteiger partial charge is 0.497 e. The van der Waals surface area contributed by atoms with E-state index in [-0.39, 0.29) is 11.8 Å². The van der Waals surface area contributed by atoms with Crippen LogP contribution in [0.5, 0.6) is 11.5 Å². The fourth-order valence-electron chi connectivity index (χ4n) is 2.18. The third-order valence-electron chi connectivity index (χ3n) is 2.96. The Labute approximate surface area is 119 Å². The molecular weight excluding hydrogens is 278 g/mol. The van der Waals surface area contributed by atoms with Crippen molar-refractivity contribution in [1.82, 2.24) is 4.72 Å². The highest BCUT2D eigenvalue weighted by molar-refractivity contribution is 7.89. The van der Waals surface area contributed by atoms with Crippen molar-refractivity contribution in [1.29, 1.82) is 0 Å². The van der Waals surface area contributed by atoms with Gasteiger partial charge in [-0.3, -0.25) is 0 Å². The number of nitrogens with one attached hydrogen (secondary N) is 1. The van der Waals surface area contributed by atoms with Gasteiger partial charge in [-0.05, 0) is 25.0 Å². The molecule has 1 heterocycles. The SMILES string of the molecule is C=C(C)CS(=O)(=O)NC1COc2cc(OC)ccc2C1. The number of hydrogen-bond donors (Lipinski definition) is 1. The van der Waals surface area contributed by atoms with Crippen LogP contribution in [0.1, 0.15) is 12.5 Å². The van der Waals surface area contributed by atoms with Crippen LogP contribution in [-0.4, -0.2) is 33.9 Å². The van der Waals surface area contributed by atoms with E-state index in [2.05, 4.69) is 11.3 Å². The molecule has 1 N–H and O–H groups in total. The predicted molar refractivity (Wildman–Crippen MR) is 77.7 cm³/mol. The number of methoxy groups -OCH3 is 1. The topological polar surface area (TPSA) is 64.6 Å². The van der Waals surface area contributed by atoms with Crippen LogP contribution < -0.4 is 14.2 Å². The van der Waals surface area contributed by atoms with Crippen LogP contribution in [0.4, 0.5) is 0 Å². The molecule has 1 aliphatic rings. The summed E-state index contributed by atoms with van der Waals surface area (Å²) >= 11 is 0. The Bertz CT molecular complexity index is 610. The van der Waals surface area contributed by atoms with E-state index >= 15 is 0 Å². The average molecular weight is 297 g/mol. The summed E-state index contributed by atoms with van der Waals surface area (Å²) in [6.45, 7) is 5.63. The van der Waals surface area contributed by atoms with Crippen LogP contribution in [0, 0.1) is 0 Å². The average Bonchev–Trinajstić information content (AvgIpc) is 2.36. The summed E-state index contributed by atoms with van der Waals surface area (Å²) in [4.78, 5) is 0. The van der Waals surface area contributed by atoms with E-state index in [4.69, 9.17) is 9.47 Å². The summed E-state index contributed by atoms with van der Waals surface area (Å²) in [7, 11) is -1.75. The summed E-state index contributed by atoms with van der Waals surface area (Å²) < 4.78 is 37.1. The monoisotopic (exact) mass is 297 g/mol. The van der Waals surface area contributed by atoms with Gasteiger partial charge in [0.1, 0.15) is 18.1 Å². The Kier molecular flexibility index (Phi) is 4.35. The zero-order valence-corrected chi connectivity index (χ0v) is 12.5. The van der Waals surface area contributed by atoms with Gasteiger partial charge in [-0.1, -0.05) is 18.2 Å². The summed E-state index contributed by atoms with van der Waals surface area (Å²) in [6.07, 6.45) is 0.606. The van der Waals surface area contributed by atoms with Crippen molar-refractivity contribution in [3.05, 3.63) is 35.9 Å². The van der Waals surface area contributed by atoms with Crippen LogP contribution in [0.15, 0.2) is 30.4 Å². The van der Waals surface area contributed by atoms with Crippen molar-refractivity contribution in [2.24, 2.45) is 0 Å². The molecule has 6 heteroatoms. The molecule has 0 fully saturated rings. The minimum absolute atomic E-state index is 0.0566. The van der Waals surface area contributed by atoms with Gasteiger partial charge in [0.25, 0.3) is 0 Å². The lowest BCUT2D eigenvalue weighted by atomic mass is 10.0. The molecule has 0 bridgehead atoms. The second kappa shape index (κ2) is 5.85. The van der Waals surface area contributed by atoms with Crippen LogP contribution in [-0.2, 0) is 16.4 Å². The Morgan fingerprint density at radius 3 is 2.95 bits per heavy atom. The first-order chi connectivity index (χ1) is 9.39. The second-order valence-corrected chi connectivity index (χ2v) is 6.77. The Morgan fingerprint density at radius 2 is 2.30 bits per heavy atom. The lowest BCUT2D eigenvalue weighted by Crippen LogP contribution is -2.43. The molecule has 1 aliphatic heterocycles. The molecule has 110 valence electrons. The van der Waals surface area contributed by atoms with Crippen molar-refractivity contribution in [3.63, 3.8) is 0 Å². The number of ether oxygens (including phenoxy) is 2. The highest BCUT2D eigenvalue weighted by Crippen LogP contribution is 2.29. The molecule has 0 amide bonds. The smallest absolute Gasteiger partial charge is 0.215 e. The maximum absolute atomic E-state index is 11.9. The van der Waals surface area contributed by atoms with Gasteiger partial charge in [-0.2, -0.15) is 0 Å². The van der Waals surface area contributed by atoms with Crippen LogP contribution >= 0.6 is 0 Å². The Hall–Kier alpha value is -1.53. The molecule has 0 spiro atoms. The zero-order chi connectivity index (χ0) is 14.8. The van der Waals surface area contributed by atoms with E-state index in [1.807, 2.05) is 18.2 Å². The molecule has 1 aromatic rings. The van der Waals surface area contributed by atoms with E-state index < -0.39 is 10.0 Å². The summed E-state index contributed by atoms with van der Waals surface area (Å²) in [5.41, 5.74) is 1.58. The molecule has 0 radical (unpaired) electrons. The number of rotatable bonds is 5. The van der Waals surface area contributed by atoms with E-state index in [1.54, 1.807) is 14.0 Å². The molecule has 1 unspecified atom stereocenters. The van der Waals surface area contributed by atoms with Crippen LogP contribution in [0.2, 0.25) is 0 Å². The van der Waals surface area contributed by atoms with E-state index in [1.165, 1.54) is 0 Å². The van der Waals surface area contributed by atoms with Gasteiger partial charge >= 0.3 is 0 Å². The molecule has 0 saturated heterocycles. The number of fused-ring (bicyclic) bond motifs is 1. The maximum atomic E-state index is 11.9. The molecule has 1 aromatic carbocycles. The van der Waals surface area contributed by atoms with Gasteiger partial charge in [0.15, 0.2) is 0 Å². The van der Waals surface area contributed by atoms with E-state index in [0.29, 0.717) is 18.6 Å². The standard InChI is InChI=1S/C14H19NO4S/c1-10(2)9-20(16,17)15-12-6-11-4-5-13(18-3)7-14(11)19-8-12/h4-5,7,12,15H,1,6,8-9H2,2-3H3. The number of sulfonamides is 1. The summed E-state index contributed by atoms with van der Waals surface area (Å²) in [5, 5.41) is 0. The Morgan fingerprint density at radius 1 is 1.55 bits per heavy atom. The van der Waals surface area contributed by atoms with Gasteiger partial charge in [0.2, 0.25) is 10.0 Å². The third-order valence-corrected chi connectivity index (χ3v) is 4.53. The lowest BCUT2D eigenvalue weighted by Gasteiger charge is -2.26. The van der Waals surface area contributed by atoms with Gasteiger partial charge in [-0.15, -0.1) is 0 Å². The first-order valence-electron chi connectivity index (χ1n) is 6.34. The lowest BCUT2D eigenvalue weighted by molar-refractivity contribution is 0.252. The highest BCUT2D eigenvalue weighted by atomic mass is 32.2. The van der Waals surface area contributed by atoms with Gasteiger partial charge < -0.3 is 9.47 Å². The highest BCUT2D eigenvalue weighted by Gasteiger charge is 2.24. The van der Waals surface area contributed by atoms with E-state index in [9.17, 15) is 8.42 Å². The summed E-state index contributed by atoms with van der Waals surface area (Å²) in [5.74, 6) is 1.42. The van der Waals surface area contributed by atoms with Crippen LogP contribution in [0.25, 0.3) is 0 Å². The zero-order valence-electron chi connectivity index (χ0n) is 11.7. The van der Waals surface area contributed by atoms with Gasteiger partial charge in [0, 0.05) is 6.07 Å². The molecule has 2 rings (SSSR count). The first-order valence-corrected chi connectivity index (χ1v) is 7.99. The normalized spacial score (nSPS) is 18.0. The predicted octanol–water partition coefficient (Wildman–Crippen LogP) is 1.49. The minimum atomic E-state index is -3.35. The molecule has 0 aliphatic carbocycles. The van der Waals surface area contributed by atoms with Gasteiger partial charge in [-0.25, -0.2) is 13.1 Å². The molecule has 0 saturated carbocycles. The van der Waals surface area contributed by atoms with E-state index in [0.717, 1.165) is 17.1 Å². The molecular formula is C14H19NO4S. The van der Waals surface area contributed by atoms with Crippen molar-refractivity contribution in [2.45, 2.75) is 19.4 Å². The van der Waals surface area contributed by atoms with Crippen molar-refractivity contribution in [3.8, 4) is 11.5 Å². The number of hydrogen-bond acceptors (Lipinski definition) is 4. The Balaban J connectivity index is 2.06. The van der Waals surface area contributed by atoms with Crippen molar-refractivity contribution in [2.75, 3.05) is 19.5 Å². The fraction of sp³-hybridized carbons (Fsp3) is 0.429. The molecule has 5 nitrogen and oxygen atoms in total. The van der Waals surface area contributed by atoms with Crippen molar-refractivity contribution >= 4 is 10.0 Å². The molecule has 0 aromatic heterocycles. The molecule has 1 atom stereocenters. The second-order valence-electron chi connectivity index (χ2n) is 5.02. The van der Waals surface area contributed by atoms with Gasteiger partial charge in [0.05, 0.1) is 18.9 Å². The maximum Gasteiger partial charge on any atom is 0.215 e. The van der Waals surface area contributed by atoms with Crippen molar-refractivity contribution < 1.29 is 17.9 Å². The quantitative estimate of drug-likeness (QED) is 0.836. The third kappa shape index (κ3) is 3.74. The first kappa shape index (κ1) is 14.9. The number of benzene rings is 1. The fourth-order valence-corrected chi connectivity index (χ4v) is 3.57. The summed E-state index contributed by atoms with van der Waals surface area (Å²) in [6, 6.07) is 5.30. The minimum Gasteiger partial charge on any atom is -0.497 e.